The van der Waals surface area contributed by atoms with Crippen LogP contribution in [-0.4, -0.2) is 27.7 Å². The van der Waals surface area contributed by atoms with Gasteiger partial charge in [0, 0.05) is 5.38 Å². The van der Waals surface area contributed by atoms with E-state index in [4.69, 9.17) is 14.0 Å². The van der Waals surface area contributed by atoms with Crippen LogP contribution in [0.4, 0.5) is 0 Å². The van der Waals surface area contributed by atoms with Crippen molar-refractivity contribution in [2.24, 2.45) is 0 Å². The van der Waals surface area contributed by atoms with Crippen LogP contribution >= 0.6 is 11.3 Å². The molecular weight excluding hydrogens is 342 g/mol. The van der Waals surface area contributed by atoms with Crippen LogP contribution in [0, 0.1) is 6.92 Å². The van der Waals surface area contributed by atoms with Crippen molar-refractivity contribution >= 4 is 17.3 Å². The quantitative estimate of drug-likeness (QED) is 0.599. The molecule has 0 aliphatic heterocycles. The van der Waals surface area contributed by atoms with E-state index in [1.54, 1.807) is 0 Å². The summed E-state index contributed by atoms with van der Waals surface area (Å²) < 4.78 is 15.9. The molecule has 25 heavy (non-hydrogen) atoms. The van der Waals surface area contributed by atoms with Gasteiger partial charge in [-0.15, -0.1) is 11.3 Å². The summed E-state index contributed by atoms with van der Waals surface area (Å²) in [5, 5.41) is 6.68. The number of carbonyl (C=O) groups excluding carboxylic acids is 1. The standard InChI is InChI=1S/C17H17N3O4S/c1-3-22-14-7-5-4-6-13(14)17-19-15(24-20-17)9-23-16(21)8-12-10-25-11(2)18-12/h4-7,10H,3,8-9H2,1-2H3. The number of hydrogen-bond donors (Lipinski definition) is 0. The zero-order valence-electron chi connectivity index (χ0n) is 13.9. The fourth-order valence-electron chi connectivity index (χ4n) is 2.19. The summed E-state index contributed by atoms with van der Waals surface area (Å²) in [6.45, 7) is 4.25. The van der Waals surface area contributed by atoms with E-state index < -0.39 is 0 Å². The molecule has 0 unspecified atom stereocenters. The smallest absolute Gasteiger partial charge is 0.312 e. The molecular formula is C17H17N3O4S. The average molecular weight is 359 g/mol. The summed E-state index contributed by atoms with van der Waals surface area (Å²) in [7, 11) is 0. The SMILES string of the molecule is CCOc1ccccc1-c1noc(COC(=O)Cc2csc(C)n2)n1. The third-order valence-corrected chi connectivity index (χ3v) is 4.07. The molecule has 0 bridgehead atoms. The van der Waals surface area contributed by atoms with Gasteiger partial charge in [0.25, 0.3) is 5.89 Å². The van der Waals surface area contributed by atoms with Gasteiger partial charge in [0.15, 0.2) is 6.61 Å². The summed E-state index contributed by atoms with van der Waals surface area (Å²) in [6, 6.07) is 7.42. The number of aryl methyl sites for hydroxylation is 1. The average Bonchev–Trinajstić information content (AvgIpc) is 3.23. The van der Waals surface area contributed by atoms with E-state index in [2.05, 4.69) is 15.1 Å². The van der Waals surface area contributed by atoms with Crippen LogP contribution in [0.15, 0.2) is 34.2 Å². The van der Waals surface area contributed by atoms with Crippen molar-refractivity contribution in [1.82, 2.24) is 15.1 Å². The fraction of sp³-hybridized carbons (Fsp3) is 0.294. The van der Waals surface area contributed by atoms with Crippen molar-refractivity contribution in [1.29, 1.82) is 0 Å². The van der Waals surface area contributed by atoms with Gasteiger partial charge >= 0.3 is 5.97 Å². The predicted octanol–water partition coefficient (Wildman–Crippen LogP) is 3.19. The first kappa shape index (κ1) is 17.1. The Bertz CT molecular complexity index is 859. The maximum absolute atomic E-state index is 11.8. The van der Waals surface area contributed by atoms with Crippen LogP contribution in [-0.2, 0) is 22.6 Å². The molecule has 0 spiro atoms. The topological polar surface area (TPSA) is 87.3 Å². The second-order valence-electron chi connectivity index (χ2n) is 5.14. The molecule has 2 heterocycles. The first-order chi connectivity index (χ1) is 12.2. The molecule has 0 amide bonds. The molecule has 0 fully saturated rings. The largest absolute Gasteiger partial charge is 0.493 e. The minimum absolute atomic E-state index is 0.0776. The van der Waals surface area contributed by atoms with E-state index in [9.17, 15) is 4.79 Å². The van der Waals surface area contributed by atoms with Crippen LogP contribution < -0.4 is 4.74 Å². The number of para-hydroxylation sites is 1. The van der Waals surface area contributed by atoms with Gasteiger partial charge in [0.05, 0.1) is 29.3 Å². The molecule has 0 atom stereocenters. The molecule has 0 radical (unpaired) electrons. The van der Waals surface area contributed by atoms with Gasteiger partial charge in [-0.25, -0.2) is 4.98 Å². The zero-order valence-corrected chi connectivity index (χ0v) is 14.7. The number of benzene rings is 1. The summed E-state index contributed by atoms with van der Waals surface area (Å²) in [4.78, 5) is 20.3. The van der Waals surface area contributed by atoms with E-state index in [0.717, 1.165) is 10.6 Å². The van der Waals surface area contributed by atoms with E-state index in [-0.39, 0.29) is 24.9 Å². The second kappa shape index (κ2) is 7.89. The molecule has 0 N–H and O–H groups in total. The summed E-state index contributed by atoms with van der Waals surface area (Å²) >= 11 is 1.50. The molecule has 2 aromatic heterocycles. The van der Waals surface area contributed by atoms with Crippen molar-refractivity contribution in [3.8, 4) is 17.1 Å². The Kier molecular flexibility index (Phi) is 5.39. The molecule has 8 heteroatoms. The normalized spacial score (nSPS) is 10.6. The van der Waals surface area contributed by atoms with Gasteiger partial charge in [-0.3, -0.25) is 4.79 Å². The highest BCUT2D eigenvalue weighted by Crippen LogP contribution is 2.27. The molecule has 3 aromatic rings. The predicted molar refractivity (Wildman–Crippen MR) is 91.3 cm³/mol. The third kappa shape index (κ3) is 4.42. The van der Waals surface area contributed by atoms with Crippen molar-refractivity contribution in [3.63, 3.8) is 0 Å². The molecule has 0 saturated heterocycles. The van der Waals surface area contributed by atoms with Crippen molar-refractivity contribution in [3.05, 3.63) is 46.2 Å². The van der Waals surface area contributed by atoms with Gasteiger partial charge < -0.3 is 14.0 Å². The molecule has 7 nitrogen and oxygen atoms in total. The lowest BCUT2D eigenvalue weighted by Gasteiger charge is -2.06. The summed E-state index contributed by atoms with van der Waals surface area (Å²) in [6.07, 6.45) is 0.124. The first-order valence-corrected chi connectivity index (χ1v) is 8.65. The molecule has 1 aromatic carbocycles. The minimum Gasteiger partial charge on any atom is -0.493 e. The number of thiazole rings is 1. The number of ether oxygens (including phenoxy) is 2. The van der Waals surface area contributed by atoms with Crippen LogP contribution in [0.1, 0.15) is 23.5 Å². The minimum atomic E-state index is -0.389. The molecule has 0 aliphatic rings. The van der Waals surface area contributed by atoms with Crippen LogP contribution in [0.5, 0.6) is 5.75 Å². The monoisotopic (exact) mass is 359 g/mol. The number of nitrogens with zero attached hydrogens (tertiary/aromatic N) is 3. The van der Waals surface area contributed by atoms with Gasteiger partial charge in [0.2, 0.25) is 5.82 Å². The van der Waals surface area contributed by atoms with Crippen LogP contribution in [0.3, 0.4) is 0 Å². The highest BCUT2D eigenvalue weighted by Gasteiger charge is 2.15. The van der Waals surface area contributed by atoms with Gasteiger partial charge in [0.1, 0.15) is 5.75 Å². The second-order valence-corrected chi connectivity index (χ2v) is 6.20. The van der Waals surface area contributed by atoms with E-state index in [1.165, 1.54) is 11.3 Å². The first-order valence-electron chi connectivity index (χ1n) is 7.77. The Balaban J connectivity index is 1.61. The van der Waals surface area contributed by atoms with Gasteiger partial charge in [-0.2, -0.15) is 4.98 Å². The molecule has 0 saturated carbocycles. The number of rotatable bonds is 7. The Morgan fingerprint density at radius 3 is 2.88 bits per heavy atom. The molecule has 130 valence electrons. The zero-order chi connectivity index (χ0) is 17.6. The van der Waals surface area contributed by atoms with Gasteiger partial charge in [-0.1, -0.05) is 17.3 Å². The maximum atomic E-state index is 11.8. The molecule has 3 rings (SSSR count). The Morgan fingerprint density at radius 2 is 2.12 bits per heavy atom. The third-order valence-electron chi connectivity index (χ3n) is 3.24. The molecule has 0 aliphatic carbocycles. The highest BCUT2D eigenvalue weighted by molar-refractivity contribution is 7.09. The highest BCUT2D eigenvalue weighted by atomic mass is 32.1. The summed E-state index contributed by atoms with van der Waals surface area (Å²) in [5.41, 5.74) is 1.42. The number of aromatic nitrogens is 3. The Morgan fingerprint density at radius 1 is 1.28 bits per heavy atom. The number of esters is 1. The Hall–Kier alpha value is -2.74. The maximum Gasteiger partial charge on any atom is 0.312 e. The van der Waals surface area contributed by atoms with Crippen LogP contribution in [0.25, 0.3) is 11.4 Å². The van der Waals surface area contributed by atoms with Crippen molar-refractivity contribution < 1.29 is 18.8 Å². The number of hydrogen-bond acceptors (Lipinski definition) is 8. The van der Waals surface area contributed by atoms with Gasteiger partial charge in [-0.05, 0) is 26.0 Å². The lowest BCUT2D eigenvalue weighted by molar-refractivity contribution is -0.144. The summed E-state index contributed by atoms with van der Waals surface area (Å²) in [5.74, 6) is 0.905. The lowest BCUT2D eigenvalue weighted by atomic mass is 10.2. The fourth-order valence-corrected chi connectivity index (χ4v) is 2.80. The Labute approximate surface area is 148 Å². The van der Waals surface area contributed by atoms with Crippen LogP contribution in [0.2, 0.25) is 0 Å². The van der Waals surface area contributed by atoms with E-state index in [0.29, 0.717) is 23.9 Å². The van der Waals surface area contributed by atoms with E-state index in [1.807, 2.05) is 43.5 Å². The van der Waals surface area contributed by atoms with E-state index >= 15 is 0 Å². The van der Waals surface area contributed by atoms with Crippen molar-refractivity contribution in [2.45, 2.75) is 26.9 Å². The lowest BCUT2D eigenvalue weighted by Crippen LogP contribution is -2.08. The van der Waals surface area contributed by atoms with Crippen molar-refractivity contribution in [2.75, 3.05) is 6.61 Å². The number of carbonyl (C=O) groups is 1.